The zero-order valence-electron chi connectivity index (χ0n) is 12.3. The first-order chi connectivity index (χ1) is 9.31. The van der Waals surface area contributed by atoms with E-state index in [2.05, 4.69) is 4.83 Å². The van der Waals surface area contributed by atoms with Crippen LogP contribution in [0.5, 0.6) is 0 Å². The summed E-state index contributed by atoms with van der Waals surface area (Å²) in [6.45, 7) is 5.96. The average molecular weight is 297 g/mol. The molecule has 20 heavy (non-hydrogen) atoms. The summed E-state index contributed by atoms with van der Waals surface area (Å²) in [5.41, 5.74) is 7.08. The van der Waals surface area contributed by atoms with Gasteiger partial charge in [0.15, 0.2) is 0 Å². The Bertz CT molecular complexity index is 576. The van der Waals surface area contributed by atoms with E-state index in [9.17, 15) is 8.42 Å². The van der Waals surface area contributed by atoms with Gasteiger partial charge in [-0.2, -0.15) is 0 Å². The Hall–Kier alpha value is -1.11. The maximum atomic E-state index is 12.5. The number of hydrazine groups is 1. The molecular formula is C14H23N3O2S. The molecule has 1 aromatic rings. The molecule has 0 amide bonds. The van der Waals surface area contributed by atoms with E-state index in [4.69, 9.17) is 5.73 Å². The second-order valence-electron chi connectivity index (χ2n) is 5.67. The number of nitrogens with zero attached hydrogens (tertiary/aromatic N) is 1. The number of rotatable bonds is 3. The third-order valence-electron chi connectivity index (χ3n) is 3.87. The summed E-state index contributed by atoms with van der Waals surface area (Å²) in [4.78, 5) is 2.84. The van der Waals surface area contributed by atoms with Gasteiger partial charge >= 0.3 is 0 Å². The molecule has 1 aromatic carbocycles. The predicted molar refractivity (Wildman–Crippen MR) is 80.5 cm³/mol. The number of nitrogens with two attached hydrogens (primary N) is 1. The summed E-state index contributed by atoms with van der Waals surface area (Å²) in [6, 6.07) is 5.39. The molecule has 1 aliphatic rings. The van der Waals surface area contributed by atoms with Gasteiger partial charge in [-0.05, 0) is 51.3 Å². The van der Waals surface area contributed by atoms with Gasteiger partial charge in [0, 0.05) is 12.1 Å². The minimum atomic E-state index is -3.62. The predicted octanol–water partition coefficient (Wildman–Crippen LogP) is 2.03. The molecule has 0 spiro atoms. The molecule has 1 fully saturated rings. The Morgan fingerprint density at radius 2 is 1.85 bits per heavy atom. The number of benzene rings is 1. The monoisotopic (exact) mass is 297 g/mol. The number of sulfonamides is 1. The molecular weight excluding hydrogens is 274 g/mol. The van der Waals surface area contributed by atoms with E-state index in [-0.39, 0.29) is 22.7 Å². The molecule has 0 aromatic heterocycles. The van der Waals surface area contributed by atoms with Crippen molar-refractivity contribution in [1.29, 1.82) is 0 Å². The highest BCUT2D eigenvalue weighted by molar-refractivity contribution is 7.89. The van der Waals surface area contributed by atoms with Crippen LogP contribution >= 0.6 is 0 Å². The normalized spacial score (nSPS) is 24.8. The molecule has 0 bridgehead atoms. The highest BCUT2D eigenvalue weighted by Gasteiger charge is 2.29. The molecule has 1 saturated heterocycles. The molecule has 2 atom stereocenters. The lowest BCUT2D eigenvalue weighted by atomic mass is 10.0. The van der Waals surface area contributed by atoms with Crippen LogP contribution in [-0.2, 0) is 10.0 Å². The van der Waals surface area contributed by atoms with E-state index in [1.54, 1.807) is 18.2 Å². The fourth-order valence-corrected chi connectivity index (χ4v) is 4.05. The number of hydrogen-bond donors (Lipinski definition) is 2. The quantitative estimate of drug-likeness (QED) is 0.837. The van der Waals surface area contributed by atoms with Gasteiger partial charge in [0.25, 0.3) is 10.0 Å². The van der Waals surface area contributed by atoms with E-state index in [0.717, 1.165) is 24.8 Å². The molecule has 3 N–H and O–H groups in total. The summed E-state index contributed by atoms with van der Waals surface area (Å²) >= 11 is 0. The number of anilines is 1. The molecule has 112 valence electrons. The minimum absolute atomic E-state index is 0.146. The maximum Gasteiger partial charge on any atom is 0.255 e. The summed E-state index contributed by atoms with van der Waals surface area (Å²) in [7, 11) is -3.62. The number of hydrogen-bond acceptors (Lipinski definition) is 4. The zero-order valence-corrected chi connectivity index (χ0v) is 13.1. The van der Waals surface area contributed by atoms with Gasteiger partial charge in [-0.25, -0.2) is 13.4 Å². The Kier molecular flexibility index (Phi) is 4.36. The van der Waals surface area contributed by atoms with Gasteiger partial charge in [0.05, 0.1) is 5.69 Å². The van der Waals surface area contributed by atoms with Gasteiger partial charge < -0.3 is 5.73 Å². The molecule has 2 unspecified atom stereocenters. The molecule has 0 aliphatic carbocycles. The largest absolute Gasteiger partial charge is 0.398 e. The van der Waals surface area contributed by atoms with Crippen LogP contribution in [0.1, 0.15) is 38.7 Å². The second-order valence-corrected chi connectivity index (χ2v) is 7.30. The molecule has 5 nitrogen and oxygen atoms in total. The van der Waals surface area contributed by atoms with Crippen LogP contribution in [0.15, 0.2) is 23.1 Å². The van der Waals surface area contributed by atoms with Crippen LogP contribution in [-0.4, -0.2) is 25.5 Å². The number of nitrogens with one attached hydrogen (secondary N) is 1. The smallest absolute Gasteiger partial charge is 0.255 e. The zero-order chi connectivity index (χ0) is 14.9. The summed E-state index contributed by atoms with van der Waals surface area (Å²) in [6.07, 6.45) is 3.12. The number of nitrogen functional groups attached to an aromatic ring is 1. The lowest BCUT2D eigenvalue weighted by Gasteiger charge is -2.38. The van der Waals surface area contributed by atoms with Crippen molar-refractivity contribution in [3.05, 3.63) is 23.8 Å². The van der Waals surface area contributed by atoms with Crippen LogP contribution in [0.25, 0.3) is 0 Å². The number of aryl methyl sites for hydroxylation is 1. The molecule has 0 radical (unpaired) electrons. The Balaban J connectivity index is 2.26. The topological polar surface area (TPSA) is 75.4 Å². The van der Waals surface area contributed by atoms with Crippen LogP contribution in [0, 0.1) is 6.92 Å². The maximum absolute atomic E-state index is 12.5. The Morgan fingerprint density at radius 3 is 2.40 bits per heavy atom. The van der Waals surface area contributed by atoms with Crippen LogP contribution in [0.4, 0.5) is 5.69 Å². The van der Waals surface area contributed by atoms with Crippen molar-refractivity contribution in [2.45, 2.75) is 57.0 Å². The fraction of sp³-hybridized carbons (Fsp3) is 0.571. The van der Waals surface area contributed by atoms with Crippen LogP contribution < -0.4 is 10.6 Å². The molecule has 2 rings (SSSR count). The SMILES string of the molecule is Cc1ccc(S(=O)(=O)NN2C(C)CCCC2C)c(N)c1. The van der Waals surface area contributed by atoms with Crippen molar-refractivity contribution in [2.75, 3.05) is 5.73 Å². The minimum Gasteiger partial charge on any atom is -0.398 e. The van der Waals surface area contributed by atoms with E-state index in [0.29, 0.717) is 0 Å². The van der Waals surface area contributed by atoms with Gasteiger partial charge in [-0.1, -0.05) is 12.5 Å². The Labute approximate surface area is 121 Å². The number of piperidine rings is 1. The van der Waals surface area contributed by atoms with Gasteiger partial charge in [-0.15, -0.1) is 4.83 Å². The third-order valence-corrected chi connectivity index (χ3v) is 5.28. The van der Waals surface area contributed by atoms with Crippen molar-refractivity contribution in [2.24, 2.45) is 0 Å². The van der Waals surface area contributed by atoms with Gasteiger partial charge in [0.1, 0.15) is 4.90 Å². The molecule has 6 heteroatoms. The molecule has 0 saturated carbocycles. The molecule has 1 heterocycles. The average Bonchev–Trinajstić information content (AvgIpc) is 2.33. The van der Waals surface area contributed by atoms with Crippen molar-refractivity contribution in [1.82, 2.24) is 9.84 Å². The first kappa shape index (κ1) is 15.3. The van der Waals surface area contributed by atoms with E-state index in [1.807, 2.05) is 25.8 Å². The highest BCUT2D eigenvalue weighted by Crippen LogP contribution is 2.24. The standard InChI is InChI=1S/C14H23N3O2S/c1-10-7-8-14(13(15)9-10)20(18,19)16-17-11(2)5-4-6-12(17)3/h7-9,11-12,16H,4-6,15H2,1-3H3. The lowest BCUT2D eigenvalue weighted by Crippen LogP contribution is -2.54. The van der Waals surface area contributed by atoms with Crippen LogP contribution in [0.3, 0.4) is 0 Å². The third kappa shape index (κ3) is 3.13. The fourth-order valence-electron chi connectivity index (χ4n) is 2.70. The second kappa shape index (κ2) is 5.71. The first-order valence-electron chi connectivity index (χ1n) is 6.98. The highest BCUT2D eigenvalue weighted by atomic mass is 32.2. The first-order valence-corrected chi connectivity index (χ1v) is 8.46. The van der Waals surface area contributed by atoms with E-state index in [1.165, 1.54) is 0 Å². The molecule has 1 aliphatic heterocycles. The van der Waals surface area contributed by atoms with Gasteiger partial charge in [0.2, 0.25) is 0 Å². The Morgan fingerprint density at radius 1 is 1.25 bits per heavy atom. The summed E-state index contributed by atoms with van der Waals surface area (Å²) < 4.78 is 25.0. The van der Waals surface area contributed by atoms with Crippen molar-refractivity contribution >= 4 is 15.7 Å². The van der Waals surface area contributed by atoms with Crippen molar-refractivity contribution in [3.63, 3.8) is 0 Å². The van der Waals surface area contributed by atoms with Crippen molar-refractivity contribution in [3.8, 4) is 0 Å². The summed E-state index contributed by atoms with van der Waals surface area (Å²) in [5.74, 6) is 0. The summed E-state index contributed by atoms with van der Waals surface area (Å²) in [5, 5.41) is 1.83. The van der Waals surface area contributed by atoms with Gasteiger partial charge in [-0.3, -0.25) is 0 Å². The lowest BCUT2D eigenvalue weighted by molar-refractivity contribution is 0.0790. The van der Waals surface area contributed by atoms with E-state index >= 15 is 0 Å². The van der Waals surface area contributed by atoms with E-state index < -0.39 is 10.0 Å². The van der Waals surface area contributed by atoms with Crippen molar-refractivity contribution < 1.29 is 8.42 Å². The van der Waals surface area contributed by atoms with Crippen LogP contribution in [0.2, 0.25) is 0 Å².